The van der Waals surface area contributed by atoms with Crippen LogP contribution < -0.4 is 5.32 Å². The van der Waals surface area contributed by atoms with E-state index in [0.29, 0.717) is 11.5 Å². The van der Waals surface area contributed by atoms with Gasteiger partial charge in [0.1, 0.15) is 0 Å². The minimum Gasteiger partial charge on any atom is -0.322 e. The Labute approximate surface area is 150 Å². The highest BCUT2D eigenvalue weighted by atomic mass is 16.1. The molecule has 0 unspecified atom stereocenters. The summed E-state index contributed by atoms with van der Waals surface area (Å²) in [6.45, 7) is 2.05. The van der Waals surface area contributed by atoms with Gasteiger partial charge in [0.25, 0.3) is 0 Å². The van der Waals surface area contributed by atoms with Crippen LogP contribution in [-0.2, 0) is 11.2 Å². The van der Waals surface area contributed by atoms with Crippen molar-refractivity contribution in [3.63, 3.8) is 0 Å². The molecule has 0 saturated carbocycles. The molecule has 0 saturated heterocycles. The number of aryl methyl sites for hydroxylation is 1. The van der Waals surface area contributed by atoms with Gasteiger partial charge in [0.2, 0.25) is 5.91 Å². The molecule has 1 amide bonds. The number of anilines is 1. The van der Waals surface area contributed by atoms with Crippen molar-refractivity contribution in [2.75, 3.05) is 5.32 Å². The van der Waals surface area contributed by atoms with Crippen molar-refractivity contribution in [3.8, 4) is 0 Å². The van der Waals surface area contributed by atoms with Crippen LogP contribution in [0.25, 0.3) is 22.5 Å². The maximum absolute atomic E-state index is 12.2. The third-order valence-electron chi connectivity index (χ3n) is 4.22. The zero-order chi connectivity index (χ0) is 17.9. The Morgan fingerprint density at radius 2 is 1.92 bits per heavy atom. The second kappa shape index (κ2) is 6.76. The van der Waals surface area contributed by atoms with E-state index in [2.05, 4.69) is 27.5 Å². The summed E-state index contributed by atoms with van der Waals surface area (Å²) in [6, 6.07) is 15.6. The predicted octanol–water partition coefficient (Wildman–Crippen LogP) is 3.49. The number of hydrogen-bond donors (Lipinski definition) is 1. The molecular formula is C20H17N5O. The molecule has 128 valence electrons. The Kier molecular flexibility index (Phi) is 4.15. The number of aromatic nitrogens is 4. The van der Waals surface area contributed by atoms with E-state index in [1.54, 1.807) is 16.8 Å². The van der Waals surface area contributed by atoms with Crippen molar-refractivity contribution in [1.29, 1.82) is 0 Å². The smallest absolute Gasteiger partial charge is 0.248 e. The molecule has 4 rings (SSSR count). The van der Waals surface area contributed by atoms with Gasteiger partial charge in [-0.3, -0.25) is 4.79 Å². The largest absolute Gasteiger partial charge is 0.322 e. The molecule has 2 aromatic heterocycles. The fourth-order valence-electron chi connectivity index (χ4n) is 2.89. The van der Waals surface area contributed by atoms with E-state index in [9.17, 15) is 4.79 Å². The number of nitrogens with one attached hydrogen (secondary N) is 1. The Hall–Kier alpha value is -3.54. The van der Waals surface area contributed by atoms with Crippen molar-refractivity contribution >= 4 is 34.1 Å². The molecule has 6 heteroatoms. The van der Waals surface area contributed by atoms with Gasteiger partial charge in [0.15, 0.2) is 11.5 Å². The van der Waals surface area contributed by atoms with Gasteiger partial charge in [0.05, 0.1) is 6.20 Å². The van der Waals surface area contributed by atoms with Gasteiger partial charge in [-0.25, -0.2) is 0 Å². The van der Waals surface area contributed by atoms with Crippen LogP contribution in [0.5, 0.6) is 0 Å². The number of rotatable bonds is 4. The molecule has 6 nitrogen and oxygen atoms in total. The number of fused-ring (bicyclic) bond motifs is 3. The Morgan fingerprint density at radius 1 is 1.12 bits per heavy atom. The Morgan fingerprint density at radius 3 is 2.81 bits per heavy atom. The highest BCUT2D eigenvalue weighted by Gasteiger charge is 2.08. The number of para-hydroxylation sites is 1. The molecule has 0 atom stereocenters. The molecule has 0 aliphatic rings. The highest BCUT2D eigenvalue weighted by molar-refractivity contribution is 6.02. The van der Waals surface area contributed by atoms with Crippen molar-refractivity contribution in [3.05, 3.63) is 72.2 Å². The van der Waals surface area contributed by atoms with Gasteiger partial charge < -0.3 is 5.32 Å². The summed E-state index contributed by atoms with van der Waals surface area (Å²) in [5, 5.41) is 17.6. The number of carbonyl (C=O) groups is 1. The lowest BCUT2D eigenvalue weighted by Crippen LogP contribution is -2.09. The minimum absolute atomic E-state index is 0.219. The second-order valence-corrected chi connectivity index (χ2v) is 5.86. The van der Waals surface area contributed by atoms with E-state index in [1.165, 1.54) is 6.08 Å². The maximum Gasteiger partial charge on any atom is 0.248 e. The molecule has 26 heavy (non-hydrogen) atoms. The third kappa shape index (κ3) is 2.93. The van der Waals surface area contributed by atoms with Crippen molar-refractivity contribution < 1.29 is 4.79 Å². The maximum atomic E-state index is 12.2. The lowest BCUT2D eigenvalue weighted by molar-refractivity contribution is -0.111. The molecule has 1 N–H and O–H groups in total. The first-order valence-corrected chi connectivity index (χ1v) is 8.42. The van der Waals surface area contributed by atoms with Crippen molar-refractivity contribution in [1.82, 2.24) is 19.8 Å². The zero-order valence-corrected chi connectivity index (χ0v) is 14.3. The van der Waals surface area contributed by atoms with E-state index in [-0.39, 0.29) is 5.91 Å². The van der Waals surface area contributed by atoms with Gasteiger partial charge in [0, 0.05) is 22.5 Å². The van der Waals surface area contributed by atoms with Crippen LogP contribution >= 0.6 is 0 Å². The zero-order valence-electron chi connectivity index (χ0n) is 14.3. The number of carbonyl (C=O) groups excluding carboxylic acids is 1. The molecule has 0 aliphatic heterocycles. The minimum atomic E-state index is -0.219. The molecule has 0 fully saturated rings. The topological polar surface area (TPSA) is 72.2 Å². The number of benzene rings is 2. The third-order valence-corrected chi connectivity index (χ3v) is 4.22. The van der Waals surface area contributed by atoms with E-state index in [0.717, 1.165) is 28.4 Å². The Balaban J connectivity index is 1.60. The average molecular weight is 343 g/mol. The standard InChI is InChI=1S/C20H17N5O/c1-2-14-7-4-6-10-17(14)22-19(26)12-11-18-23-24-20-16-9-5-3-8-15(16)13-21-25(18)20/h3-13H,2H2,1H3,(H,22,26)/b12-11+. The molecule has 0 radical (unpaired) electrons. The van der Waals surface area contributed by atoms with Gasteiger partial charge in [-0.05, 0) is 24.1 Å². The summed E-state index contributed by atoms with van der Waals surface area (Å²) in [4.78, 5) is 12.2. The number of amides is 1. The summed E-state index contributed by atoms with van der Waals surface area (Å²) in [6.07, 6.45) is 5.68. The summed E-state index contributed by atoms with van der Waals surface area (Å²) < 4.78 is 1.63. The van der Waals surface area contributed by atoms with E-state index < -0.39 is 0 Å². The van der Waals surface area contributed by atoms with Crippen LogP contribution in [0.4, 0.5) is 5.69 Å². The van der Waals surface area contributed by atoms with Crippen LogP contribution in [0, 0.1) is 0 Å². The van der Waals surface area contributed by atoms with E-state index in [4.69, 9.17) is 0 Å². The molecular weight excluding hydrogens is 326 g/mol. The lowest BCUT2D eigenvalue weighted by Gasteiger charge is -2.07. The number of hydrogen-bond acceptors (Lipinski definition) is 4. The van der Waals surface area contributed by atoms with Gasteiger partial charge in [-0.2, -0.15) is 9.61 Å². The summed E-state index contributed by atoms with van der Waals surface area (Å²) in [5.41, 5.74) is 2.58. The summed E-state index contributed by atoms with van der Waals surface area (Å²) in [5.74, 6) is 0.285. The van der Waals surface area contributed by atoms with Crippen molar-refractivity contribution in [2.24, 2.45) is 0 Å². The molecule has 2 aromatic carbocycles. The van der Waals surface area contributed by atoms with Crippen LogP contribution in [0.2, 0.25) is 0 Å². The van der Waals surface area contributed by atoms with E-state index in [1.807, 2.05) is 48.5 Å². The first-order chi connectivity index (χ1) is 12.8. The fourth-order valence-corrected chi connectivity index (χ4v) is 2.89. The molecule has 0 spiro atoms. The lowest BCUT2D eigenvalue weighted by atomic mass is 10.1. The average Bonchev–Trinajstić information content (AvgIpc) is 3.10. The monoisotopic (exact) mass is 343 g/mol. The SMILES string of the molecule is CCc1ccccc1NC(=O)/C=C/c1nnc2c3ccccc3cnn12. The van der Waals surface area contributed by atoms with Crippen LogP contribution in [-0.4, -0.2) is 25.7 Å². The first kappa shape index (κ1) is 16.0. The van der Waals surface area contributed by atoms with Crippen LogP contribution in [0.15, 0.2) is 60.8 Å². The normalized spacial score (nSPS) is 11.4. The summed E-state index contributed by atoms with van der Waals surface area (Å²) in [7, 11) is 0. The molecule has 2 heterocycles. The highest BCUT2D eigenvalue weighted by Crippen LogP contribution is 2.18. The summed E-state index contributed by atoms with van der Waals surface area (Å²) >= 11 is 0. The van der Waals surface area contributed by atoms with Gasteiger partial charge in [-0.15, -0.1) is 10.2 Å². The van der Waals surface area contributed by atoms with Gasteiger partial charge in [-0.1, -0.05) is 49.4 Å². The molecule has 4 aromatic rings. The predicted molar refractivity (Wildman–Crippen MR) is 102 cm³/mol. The molecule has 0 bridgehead atoms. The van der Waals surface area contributed by atoms with Crippen LogP contribution in [0.1, 0.15) is 18.3 Å². The first-order valence-electron chi connectivity index (χ1n) is 8.42. The fraction of sp³-hybridized carbons (Fsp3) is 0.100. The van der Waals surface area contributed by atoms with Crippen molar-refractivity contribution in [2.45, 2.75) is 13.3 Å². The Bertz CT molecular complexity index is 1130. The van der Waals surface area contributed by atoms with Gasteiger partial charge >= 0.3 is 0 Å². The molecule has 0 aliphatic carbocycles. The quantitative estimate of drug-likeness (QED) is 0.576. The van der Waals surface area contributed by atoms with Crippen LogP contribution in [0.3, 0.4) is 0 Å². The number of nitrogens with zero attached hydrogens (tertiary/aromatic N) is 4. The second-order valence-electron chi connectivity index (χ2n) is 5.86. The van der Waals surface area contributed by atoms with E-state index >= 15 is 0 Å².